The summed E-state index contributed by atoms with van der Waals surface area (Å²) in [4.78, 5) is 22.7. The monoisotopic (exact) mass is 282 g/mol. The molecule has 6 heteroatoms. The number of carboxylic acid groups (broad SMARTS) is 1. The Morgan fingerprint density at radius 3 is 2.55 bits per heavy atom. The number of carboxylic acids is 1. The lowest BCUT2D eigenvalue weighted by atomic mass is 9.90. The quantitative estimate of drug-likeness (QED) is 0.776. The molecular formula is C14H19FN2O3. The molecule has 0 bridgehead atoms. The molecule has 0 unspecified atom stereocenters. The molecule has 0 saturated carbocycles. The molecule has 1 aromatic rings. The van der Waals surface area contributed by atoms with Gasteiger partial charge in [-0.25, -0.2) is 14.0 Å². The summed E-state index contributed by atoms with van der Waals surface area (Å²) in [7, 11) is 0. The Hall–Kier alpha value is -2.11. The van der Waals surface area contributed by atoms with Crippen LogP contribution in [0.2, 0.25) is 0 Å². The van der Waals surface area contributed by atoms with Crippen molar-refractivity contribution in [2.45, 2.75) is 27.2 Å². The van der Waals surface area contributed by atoms with Crippen LogP contribution in [0.4, 0.5) is 14.9 Å². The lowest BCUT2D eigenvalue weighted by molar-refractivity contribution is 0.0697. The number of aromatic carboxylic acids is 1. The Morgan fingerprint density at radius 1 is 1.35 bits per heavy atom. The minimum Gasteiger partial charge on any atom is -0.478 e. The number of benzene rings is 1. The molecule has 0 fully saturated rings. The average Bonchev–Trinajstić information content (AvgIpc) is 2.38. The topological polar surface area (TPSA) is 78.4 Å². The number of carbonyl (C=O) groups excluding carboxylic acids is 1. The predicted octanol–water partition coefficient (Wildman–Crippen LogP) is 3.08. The van der Waals surface area contributed by atoms with Gasteiger partial charge in [-0.1, -0.05) is 26.8 Å². The van der Waals surface area contributed by atoms with Gasteiger partial charge in [0, 0.05) is 6.54 Å². The lowest BCUT2D eigenvalue weighted by Gasteiger charge is -2.23. The van der Waals surface area contributed by atoms with Gasteiger partial charge in [-0.2, -0.15) is 0 Å². The van der Waals surface area contributed by atoms with Crippen LogP contribution in [0.1, 0.15) is 37.6 Å². The minimum absolute atomic E-state index is 0.0812. The van der Waals surface area contributed by atoms with E-state index >= 15 is 0 Å². The standard InChI is InChI=1S/C14H19FN2O3/c1-4-14(2,3)8-16-13(20)17-11-9(12(18)19)6-5-7-10(11)15/h5-7H,4,8H2,1-3H3,(H,18,19)(H2,16,17,20). The summed E-state index contributed by atoms with van der Waals surface area (Å²) in [5.74, 6) is -2.08. The van der Waals surface area contributed by atoms with Gasteiger partial charge in [-0.05, 0) is 24.0 Å². The fourth-order valence-corrected chi connectivity index (χ4v) is 1.43. The third kappa shape index (κ3) is 4.22. The zero-order valence-electron chi connectivity index (χ0n) is 11.8. The molecule has 0 atom stereocenters. The van der Waals surface area contributed by atoms with Crippen molar-refractivity contribution >= 4 is 17.7 Å². The minimum atomic E-state index is -1.30. The summed E-state index contributed by atoms with van der Waals surface area (Å²) in [6.07, 6.45) is 0.868. The number of nitrogens with one attached hydrogen (secondary N) is 2. The van der Waals surface area contributed by atoms with Crippen molar-refractivity contribution < 1.29 is 19.1 Å². The van der Waals surface area contributed by atoms with Gasteiger partial charge >= 0.3 is 12.0 Å². The van der Waals surface area contributed by atoms with Gasteiger partial charge < -0.3 is 15.7 Å². The molecule has 0 aliphatic rings. The highest BCUT2D eigenvalue weighted by molar-refractivity contribution is 6.00. The first kappa shape index (κ1) is 15.9. The molecule has 5 nitrogen and oxygen atoms in total. The molecule has 0 aromatic heterocycles. The Balaban J connectivity index is 2.79. The van der Waals surface area contributed by atoms with Crippen LogP contribution in [-0.2, 0) is 0 Å². The number of carbonyl (C=O) groups is 2. The number of halogens is 1. The van der Waals surface area contributed by atoms with E-state index in [1.54, 1.807) is 0 Å². The number of rotatable bonds is 5. The second-order valence-electron chi connectivity index (χ2n) is 5.29. The highest BCUT2D eigenvalue weighted by atomic mass is 19.1. The Labute approximate surface area is 117 Å². The summed E-state index contributed by atoms with van der Waals surface area (Å²) < 4.78 is 13.6. The van der Waals surface area contributed by atoms with E-state index in [9.17, 15) is 14.0 Å². The van der Waals surface area contributed by atoms with Crippen molar-refractivity contribution in [1.82, 2.24) is 5.32 Å². The van der Waals surface area contributed by atoms with Crippen molar-refractivity contribution in [1.29, 1.82) is 0 Å². The summed E-state index contributed by atoms with van der Waals surface area (Å²) in [5.41, 5.74) is -0.691. The summed E-state index contributed by atoms with van der Waals surface area (Å²) in [6.45, 7) is 6.38. The van der Waals surface area contributed by atoms with E-state index in [0.717, 1.165) is 12.5 Å². The van der Waals surface area contributed by atoms with Crippen molar-refractivity contribution in [3.05, 3.63) is 29.6 Å². The second-order valence-corrected chi connectivity index (χ2v) is 5.29. The largest absolute Gasteiger partial charge is 0.478 e. The molecule has 0 aliphatic carbocycles. The number of anilines is 1. The van der Waals surface area contributed by atoms with Crippen LogP contribution < -0.4 is 10.6 Å². The molecule has 3 N–H and O–H groups in total. The molecule has 0 saturated heterocycles. The van der Waals surface area contributed by atoms with Crippen LogP contribution in [0.15, 0.2) is 18.2 Å². The van der Waals surface area contributed by atoms with Crippen molar-refractivity contribution in [3.63, 3.8) is 0 Å². The Morgan fingerprint density at radius 2 is 2.00 bits per heavy atom. The first-order valence-corrected chi connectivity index (χ1v) is 6.33. The van der Waals surface area contributed by atoms with Gasteiger partial charge in [-0.3, -0.25) is 0 Å². The first-order valence-electron chi connectivity index (χ1n) is 6.33. The lowest BCUT2D eigenvalue weighted by Crippen LogP contribution is -2.37. The molecule has 110 valence electrons. The summed E-state index contributed by atoms with van der Waals surface area (Å²) in [5, 5.41) is 13.8. The van der Waals surface area contributed by atoms with E-state index in [2.05, 4.69) is 10.6 Å². The van der Waals surface area contributed by atoms with E-state index in [0.29, 0.717) is 6.54 Å². The zero-order valence-corrected chi connectivity index (χ0v) is 11.8. The third-order valence-electron chi connectivity index (χ3n) is 3.17. The molecule has 1 aromatic carbocycles. The van der Waals surface area contributed by atoms with Crippen molar-refractivity contribution in [2.75, 3.05) is 11.9 Å². The normalized spacial score (nSPS) is 11.0. The Kier molecular flexibility index (Phi) is 5.07. The maximum Gasteiger partial charge on any atom is 0.337 e. The van der Waals surface area contributed by atoms with Gasteiger partial charge in [-0.15, -0.1) is 0 Å². The van der Waals surface area contributed by atoms with Crippen LogP contribution in [0.5, 0.6) is 0 Å². The van der Waals surface area contributed by atoms with Gasteiger partial charge in [0.15, 0.2) is 0 Å². The average molecular weight is 282 g/mol. The van der Waals surface area contributed by atoms with Gasteiger partial charge in [0.2, 0.25) is 0 Å². The molecule has 0 heterocycles. The van der Waals surface area contributed by atoms with E-state index in [-0.39, 0.29) is 16.7 Å². The molecule has 0 aliphatic heterocycles. The number of urea groups is 1. The molecule has 2 amide bonds. The summed E-state index contributed by atoms with van der Waals surface area (Å²) >= 11 is 0. The van der Waals surface area contributed by atoms with Crippen LogP contribution in [-0.4, -0.2) is 23.7 Å². The highest BCUT2D eigenvalue weighted by Gasteiger charge is 2.19. The molecule has 0 spiro atoms. The second kappa shape index (κ2) is 6.36. The van der Waals surface area contributed by atoms with E-state index in [4.69, 9.17) is 5.11 Å². The van der Waals surface area contributed by atoms with E-state index in [1.807, 2.05) is 20.8 Å². The third-order valence-corrected chi connectivity index (χ3v) is 3.17. The molecule has 0 radical (unpaired) electrons. The summed E-state index contributed by atoms with van der Waals surface area (Å²) in [6, 6.07) is 2.98. The van der Waals surface area contributed by atoms with Gasteiger partial charge in [0.1, 0.15) is 5.82 Å². The van der Waals surface area contributed by atoms with Gasteiger partial charge in [0.05, 0.1) is 11.3 Å². The van der Waals surface area contributed by atoms with Crippen molar-refractivity contribution in [3.8, 4) is 0 Å². The maximum absolute atomic E-state index is 13.6. The maximum atomic E-state index is 13.6. The molecule has 1 rings (SSSR count). The van der Waals surface area contributed by atoms with Crippen LogP contribution in [0.25, 0.3) is 0 Å². The van der Waals surface area contributed by atoms with E-state index < -0.39 is 17.8 Å². The van der Waals surface area contributed by atoms with Crippen LogP contribution in [0.3, 0.4) is 0 Å². The van der Waals surface area contributed by atoms with E-state index in [1.165, 1.54) is 12.1 Å². The van der Waals surface area contributed by atoms with Crippen molar-refractivity contribution in [2.24, 2.45) is 5.41 Å². The zero-order chi connectivity index (χ0) is 15.3. The van der Waals surface area contributed by atoms with Gasteiger partial charge in [0.25, 0.3) is 0 Å². The number of para-hydroxylation sites is 1. The SMILES string of the molecule is CCC(C)(C)CNC(=O)Nc1c(F)cccc1C(=O)O. The smallest absolute Gasteiger partial charge is 0.337 e. The highest BCUT2D eigenvalue weighted by Crippen LogP contribution is 2.20. The fourth-order valence-electron chi connectivity index (χ4n) is 1.43. The molecular weight excluding hydrogens is 263 g/mol. The Bertz CT molecular complexity index is 515. The predicted molar refractivity (Wildman–Crippen MR) is 74.5 cm³/mol. The number of hydrogen-bond acceptors (Lipinski definition) is 2. The fraction of sp³-hybridized carbons (Fsp3) is 0.429. The number of amides is 2. The van der Waals surface area contributed by atoms with Crippen LogP contribution >= 0.6 is 0 Å². The van der Waals surface area contributed by atoms with Crippen LogP contribution in [0, 0.1) is 11.2 Å². The first-order chi connectivity index (χ1) is 9.26. The number of hydrogen-bond donors (Lipinski definition) is 3. The molecule has 20 heavy (non-hydrogen) atoms.